The van der Waals surface area contributed by atoms with Crippen LogP contribution in [0.3, 0.4) is 0 Å². The fourth-order valence-electron chi connectivity index (χ4n) is 3.71. The summed E-state index contributed by atoms with van der Waals surface area (Å²) in [7, 11) is 0. The van der Waals surface area contributed by atoms with E-state index >= 15 is 0 Å². The molecule has 0 spiro atoms. The van der Waals surface area contributed by atoms with Gasteiger partial charge in [0.2, 0.25) is 0 Å². The zero-order chi connectivity index (χ0) is 14.1. The second-order valence-corrected chi connectivity index (χ2v) is 8.92. The van der Waals surface area contributed by atoms with E-state index in [-0.39, 0.29) is 0 Å². The van der Waals surface area contributed by atoms with Crippen molar-refractivity contribution in [3.63, 3.8) is 0 Å². The Morgan fingerprint density at radius 1 is 0.667 bits per heavy atom. The lowest BCUT2D eigenvalue weighted by atomic mass is 9.58. The van der Waals surface area contributed by atoms with E-state index in [0.717, 1.165) is 23.7 Å². The average molecular weight is 252 g/mol. The van der Waals surface area contributed by atoms with Crippen molar-refractivity contribution in [3.05, 3.63) is 0 Å². The highest BCUT2D eigenvalue weighted by atomic mass is 14.5. The van der Waals surface area contributed by atoms with Gasteiger partial charge in [0.25, 0.3) is 0 Å². The Morgan fingerprint density at radius 3 is 1.17 bits per heavy atom. The molecule has 0 radical (unpaired) electrons. The molecule has 0 heteroatoms. The van der Waals surface area contributed by atoms with E-state index in [1.807, 2.05) is 0 Å². The highest BCUT2D eigenvalue weighted by Crippen LogP contribution is 2.48. The quantitative estimate of drug-likeness (QED) is 0.552. The van der Waals surface area contributed by atoms with Gasteiger partial charge in [-0.05, 0) is 47.3 Å². The Hall–Kier alpha value is 0. The van der Waals surface area contributed by atoms with Crippen molar-refractivity contribution in [2.24, 2.45) is 34.5 Å². The molecule has 18 heavy (non-hydrogen) atoms. The molecule has 0 saturated heterocycles. The van der Waals surface area contributed by atoms with Crippen LogP contribution in [0.2, 0.25) is 0 Å². The second-order valence-electron chi connectivity index (χ2n) is 8.92. The average Bonchev–Trinajstić information content (AvgIpc) is 2.24. The van der Waals surface area contributed by atoms with Crippen molar-refractivity contribution in [1.82, 2.24) is 0 Å². The maximum atomic E-state index is 2.50. The third-order valence-corrected chi connectivity index (χ3v) is 5.89. The molecule has 1 aliphatic rings. The molecule has 4 atom stereocenters. The Kier molecular flexibility index (Phi) is 4.95. The number of rotatable bonds is 2. The van der Waals surface area contributed by atoms with E-state index in [1.165, 1.54) is 25.7 Å². The third-order valence-electron chi connectivity index (χ3n) is 5.89. The molecule has 1 aliphatic carbocycles. The SMILES string of the molecule is CC(C1CCCCC1C(C)C(C)(C)C)C(C)(C)C. The molecule has 0 nitrogen and oxygen atoms in total. The molecule has 0 aromatic carbocycles. The van der Waals surface area contributed by atoms with Crippen molar-refractivity contribution >= 4 is 0 Å². The van der Waals surface area contributed by atoms with Gasteiger partial charge in [0.15, 0.2) is 0 Å². The third kappa shape index (κ3) is 3.75. The summed E-state index contributed by atoms with van der Waals surface area (Å²) >= 11 is 0. The van der Waals surface area contributed by atoms with Gasteiger partial charge in [-0.3, -0.25) is 0 Å². The predicted molar refractivity (Wildman–Crippen MR) is 82.7 cm³/mol. The smallest absolute Gasteiger partial charge is 0.0352 e. The second kappa shape index (κ2) is 5.55. The summed E-state index contributed by atoms with van der Waals surface area (Å²) in [6, 6.07) is 0. The minimum Gasteiger partial charge on any atom is -0.0617 e. The van der Waals surface area contributed by atoms with Crippen LogP contribution in [0.5, 0.6) is 0 Å². The largest absolute Gasteiger partial charge is 0.0617 e. The first-order valence-electron chi connectivity index (χ1n) is 8.05. The molecule has 1 rings (SSSR count). The minimum absolute atomic E-state index is 0.456. The van der Waals surface area contributed by atoms with Gasteiger partial charge in [0, 0.05) is 0 Å². The predicted octanol–water partition coefficient (Wildman–Crippen LogP) is 6.16. The topological polar surface area (TPSA) is 0 Å². The highest BCUT2D eigenvalue weighted by molar-refractivity contribution is 4.89. The van der Waals surface area contributed by atoms with Gasteiger partial charge in [-0.2, -0.15) is 0 Å². The van der Waals surface area contributed by atoms with Crippen LogP contribution in [0.25, 0.3) is 0 Å². The maximum absolute atomic E-state index is 2.50. The van der Waals surface area contributed by atoms with Crippen molar-refractivity contribution in [3.8, 4) is 0 Å². The van der Waals surface area contributed by atoms with E-state index in [2.05, 4.69) is 55.4 Å². The van der Waals surface area contributed by atoms with Gasteiger partial charge in [-0.15, -0.1) is 0 Å². The Bertz CT molecular complexity index is 222. The molecule has 0 aromatic rings. The van der Waals surface area contributed by atoms with Crippen LogP contribution in [0.4, 0.5) is 0 Å². The zero-order valence-corrected chi connectivity index (χ0v) is 14.1. The van der Waals surface area contributed by atoms with Crippen molar-refractivity contribution in [1.29, 1.82) is 0 Å². The molecule has 108 valence electrons. The summed E-state index contributed by atoms with van der Waals surface area (Å²) in [5, 5.41) is 0. The van der Waals surface area contributed by atoms with Crippen LogP contribution in [0.15, 0.2) is 0 Å². The van der Waals surface area contributed by atoms with Crippen molar-refractivity contribution in [2.45, 2.75) is 81.1 Å². The summed E-state index contributed by atoms with van der Waals surface area (Å²) in [6.45, 7) is 19.5. The van der Waals surface area contributed by atoms with Crippen LogP contribution in [0.1, 0.15) is 81.1 Å². The Balaban J connectivity index is 2.87. The Labute approximate surface area is 116 Å². The van der Waals surface area contributed by atoms with Gasteiger partial charge >= 0.3 is 0 Å². The van der Waals surface area contributed by atoms with E-state index in [1.54, 1.807) is 0 Å². The van der Waals surface area contributed by atoms with Crippen LogP contribution in [-0.4, -0.2) is 0 Å². The van der Waals surface area contributed by atoms with Crippen LogP contribution < -0.4 is 0 Å². The fraction of sp³-hybridized carbons (Fsp3) is 1.00. The molecule has 0 N–H and O–H groups in total. The number of hydrogen-bond donors (Lipinski definition) is 0. The van der Waals surface area contributed by atoms with Gasteiger partial charge < -0.3 is 0 Å². The highest BCUT2D eigenvalue weighted by Gasteiger charge is 2.40. The van der Waals surface area contributed by atoms with E-state index < -0.39 is 0 Å². The van der Waals surface area contributed by atoms with Crippen LogP contribution in [0, 0.1) is 34.5 Å². The van der Waals surface area contributed by atoms with Gasteiger partial charge in [-0.1, -0.05) is 68.2 Å². The summed E-state index contributed by atoms with van der Waals surface area (Å²) < 4.78 is 0. The van der Waals surface area contributed by atoms with E-state index in [4.69, 9.17) is 0 Å². The summed E-state index contributed by atoms with van der Waals surface area (Å²) in [4.78, 5) is 0. The van der Waals surface area contributed by atoms with Gasteiger partial charge in [0.1, 0.15) is 0 Å². The summed E-state index contributed by atoms with van der Waals surface area (Å²) in [5.41, 5.74) is 0.912. The van der Waals surface area contributed by atoms with Gasteiger partial charge in [-0.25, -0.2) is 0 Å². The molecule has 1 fully saturated rings. The van der Waals surface area contributed by atoms with Crippen LogP contribution >= 0.6 is 0 Å². The molecule has 0 aromatic heterocycles. The normalized spacial score (nSPS) is 30.0. The monoisotopic (exact) mass is 252 g/mol. The van der Waals surface area contributed by atoms with E-state index in [9.17, 15) is 0 Å². The molecular weight excluding hydrogens is 216 g/mol. The molecule has 0 heterocycles. The first-order valence-corrected chi connectivity index (χ1v) is 8.05. The molecular formula is C18H36. The zero-order valence-electron chi connectivity index (χ0n) is 14.1. The Morgan fingerprint density at radius 2 is 0.944 bits per heavy atom. The summed E-state index contributed by atoms with van der Waals surface area (Å²) in [5.74, 6) is 3.56. The lowest BCUT2D eigenvalue weighted by molar-refractivity contribution is 0.0257. The minimum atomic E-state index is 0.456. The fourth-order valence-corrected chi connectivity index (χ4v) is 3.71. The molecule has 4 unspecified atom stereocenters. The summed E-state index contributed by atoms with van der Waals surface area (Å²) in [6.07, 6.45) is 5.84. The molecule has 0 amide bonds. The molecule has 0 aliphatic heterocycles. The molecule has 0 bridgehead atoms. The number of hydrogen-bond acceptors (Lipinski definition) is 0. The maximum Gasteiger partial charge on any atom is -0.0352 e. The molecule has 1 saturated carbocycles. The van der Waals surface area contributed by atoms with Crippen molar-refractivity contribution < 1.29 is 0 Å². The standard InChI is InChI=1S/C18H36/c1-13(17(3,4)5)15-11-9-10-12-16(15)14(2)18(6,7)8/h13-16H,9-12H2,1-8H3. The first kappa shape index (κ1) is 16.1. The van der Waals surface area contributed by atoms with Gasteiger partial charge in [0.05, 0.1) is 0 Å². The van der Waals surface area contributed by atoms with E-state index in [0.29, 0.717) is 10.8 Å². The lowest BCUT2D eigenvalue weighted by Gasteiger charge is -2.47. The lowest BCUT2D eigenvalue weighted by Crippen LogP contribution is -2.39. The van der Waals surface area contributed by atoms with Crippen LogP contribution in [-0.2, 0) is 0 Å². The van der Waals surface area contributed by atoms with Crippen molar-refractivity contribution in [2.75, 3.05) is 0 Å². The first-order chi connectivity index (χ1) is 8.05.